The number of nitrogens with zero attached hydrogens (tertiary/aromatic N) is 4. The number of aromatic nitrogens is 4. The van der Waals surface area contributed by atoms with Crippen molar-refractivity contribution in [3.63, 3.8) is 0 Å². The maximum Gasteiger partial charge on any atom is 0.125 e. The van der Waals surface area contributed by atoms with Gasteiger partial charge in [-0.1, -0.05) is 0 Å². The van der Waals surface area contributed by atoms with Gasteiger partial charge in [0.15, 0.2) is 0 Å². The third-order valence-corrected chi connectivity index (χ3v) is 2.93. The summed E-state index contributed by atoms with van der Waals surface area (Å²) in [5.41, 5.74) is 3.72. The van der Waals surface area contributed by atoms with Crippen LogP contribution >= 0.6 is 0 Å². The minimum Gasteiger partial charge on any atom is -0.338 e. The number of nitrogens with one attached hydrogen (secondary N) is 1. The van der Waals surface area contributed by atoms with Crippen LogP contribution in [0.2, 0.25) is 0 Å². The van der Waals surface area contributed by atoms with Crippen LogP contribution in [0.15, 0.2) is 24.7 Å². The molecule has 0 saturated heterocycles. The fourth-order valence-electron chi connectivity index (χ4n) is 1.90. The van der Waals surface area contributed by atoms with E-state index in [2.05, 4.69) is 20.4 Å². The number of rotatable bonds is 5. The van der Waals surface area contributed by atoms with Gasteiger partial charge >= 0.3 is 0 Å². The van der Waals surface area contributed by atoms with E-state index in [1.807, 2.05) is 30.8 Å². The van der Waals surface area contributed by atoms with Crippen LogP contribution in [-0.4, -0.2) is 19.5 Å². The van der Waals surface area contributed by atoms with Gasteiger partial charge in [-0.2, -0.15) is 0 Å². The lowest BCUT2D eigenvalue weighted by atomic mass is 10.1. The third-order valence-electron chi connectivity index (χ3n) is 2.93. The average molecular weight is 246 g/mol. The van der Waals surface area contributed by atoms with Crippen LogP contribution in [-0.2, 0) is 13.5 Å². The second-order valence-electron chi connectivity index (χ2n) is 4.24. The number of imidazole rings is 1. The molecule has 0 fully saturated rings. The van der Waals surface area contributed by atoms with Crippen LogP contribution in [0.5, 0.6) is 0 Å². The molecule has 18 heavy (non-hydrogen) atoms. The summed E-state index contributed by atoms with van der Waals surface area (Å²) in [6.07, 6.45) is 7.19. The molecule has 2 aromatic heterocycles. The van der Waals surface area contributed by atoms with Gasteiger partial charge in [0.25, 0.3) is 0 Å². The summed E-state index contributed by atoms with van der Waals surface area (Å²) in [5, 5.41) is 0. The summed E-state index contributed by atoms with van der Waals surface area (Å²) in [6.45, 7) is 1.87. The second kappa shape index (κ2) is 5.70. The largest absolute Gasteiger partial charge is 0.338 e. The summed E-state index contributed by atoms with van der Waals surface area (Å²) >= 11 is 0. The number of hydrogen-bond acceptors (Lipinski definition) is 5. The minimum absolute atomic E-state index is 0.0170. The van der Waals surface area contributed by atoms with Crippen molar-refractivity contribution in [1.82, 2.24) is 24.9 Å². The highest BCUT2D eigenvalue weighted by Gasteiger charge is 2.12. The first-order valence-electron chi connectivity index (χ1n) is 5.92. The lowest BCUT2D eigenvalue weighted by Crippen LogP contribution is -2.29. The van der Waals surface area contributed by atoms with Crippen LogP contribution in [0, 0.1) is 6.92 Å². The lowest BCUT2D eigenvalue weighted by molar-refractivity contribution is 0.493. The molecule has 6 heteroatoms. The van der Waals surface area contributed by atoms with E-state index >= 15 is 0 Å². The van der Waals surface area contributed by atoms with Crippen molar-refractivity contribution in [2.24, 2.45) is 12.9 Å². The van der Waals surface area contributed by atoms with Crippen LogP contribution in [0.3, 0.4) is 0 Å². The van der Waals surface area contributed by atoms with Crippen molar-refractivity contribution < 1.29 is 0 Å². The van der Waals surface area contributed by atoms with Crippen molar-refractivity contribution in [2.75, 3.05) is 0 Å². The van der Waals surface area contributed by atoms with E-state index in [1.54, 1.807) is 12.4 Å². The number of nitrogens with two attached hydrogens (primary N) is 1. The third kappa shape index (κ3) is 2.91. The molecule has 2 heterocycles. The predicted octanol–water partition coefficient (Wildman–Crippen LogP) is 0.656. The highest BCUT2D eigenvalue weighted by atomic mass is 15.2. The summed E-state index contributed by atoms with van der Waals surface area (Å²) < 4.78 is 2.01. The van der Waals surface area contributed by atoms with Crippen LogP contribution in [0.25, 0.3) is 0 Å². The molecular weight excluding hydrogens is 228 g/mol. The first kappa shape index (κ1) is 12.7. The molecule has 3 N–H and O–H groups in total. The zero-order valence-corrected chi connectivity index (χ0v) is 10.7. The standard InChI is InChI=1S/C12H18N6/c1-9-14-6-5-10(16-9)11(17-13)3-4-12-15-7-8-18(12)2/h5-8,11,17H,3-4,13H2,1-2H3. The fraction of sp³-hybridized carbons (Fsp3) is 0.417. The van der Waals surface area contributed by atoms with Crippen LogP contribution in [0.4, 0.5) is 0 Å². The Hall–Kier alpha value is -1.79. The quantitative estimate of drug-likeness (QED) is 0.598. The van der Waals surface area contributed by atoms with Crippen molar-refractivity contribution in [2.45, 2.75) is 25.8 Å². The molecular formula is C12H18N6. The predicted molar refractivity (Wildman–Crippen MR) is 68.4 cm³/mol. The molecule has 6 nitrogen and oxygen atoms in total. The van der Waals surface area contributed by atoms with Gasteiger partial charge in [-0.05, 0) is 19.4 Å². The highest BCUT2D eigenvalue weighted by Crippen LogP contribution is 2.15. The van der Waals surface area contributed by atoms with Gasteiger partial charge in [-0.15, -0.1) is 0 Å². The molecule has 0 saturated carbocycles. The monoisotopic (exact) mass is 246 g/mol. The Labute approximate surface area is 106 Å². The molecule has 1 atom stereocenters. The summed E-state index contributed by atoms with van der Waals surface area (Å²) in [7, 11) is 1.99. The van der Waals surface area contributed by atoms with Gasteiger partial charge in [0.05, 0.1) is 11.7 Å². The first-order valence-corrected chi connectivity index (χ1v) is 5.92. The van der Waals surface area contributed by atoms with Crippen molar-refractivity contribution in [3.8, 4) is 0 Å². The maximum absolute atomic E-state index is 5.59. The minimum atomic E-state index is 0.0170. The molecule has 0 aliphatic heterocycles. The molecule has 0 spiro atoms. The summed E-state index contributed by atoms with van der Waals surface area (Å²) in [4.78, 5) is 12.8. The Morgan fingerprint density at radius 3 is 2.83 bits per heavy atom. The number of hydrogen-bond donors (Lipinski definition) is 2. The normalized spacial score (nSPS) is 12.6. The number of aryl methyl sites for hydroxylation is 3. The molecule has 0 radical (unpaired) electrons. The molecule has 0 bridgehead atoms. The van der Waals surface area contributed by atoms with Gasteiger partial charge < -0.3 is 4.57 Å². The Kier molecular flexibility index (Phi) is 4.01. The van der Waals surface area contributed by atoms with Crippen LogP contribution in [0.1, 0.15) is 29.8 Å². The van der Waals surface area contributed by atoms with Gasteiger partial charge in [-0.25, -0.2) is 15.0 Å². The second-order valence-corrected chi connectivity index (χ2v) is 4.24. The summed E-state index contributed by atoms with van der Waals surface area (Å²) in [6, 6.07) is 1.90. The molecule has 0 aliphatic carbocycles. The Morgan fingerprint density at radius 2 is 2.22 bits per heavy atom. The van der Waals surface area contributed by atoms with Gasteiger partial charge in [-0.3, -0.25) is 11.3 Å². The van der Waals surface area contributed by atoms with Gasteiger partial charge in [0, 0.05) is 32.1 Å². The zero-order chi connectivity index (χ0) is 13.0. The molecule has 0 amide bonds. The molecule has 0 aliphatic rings. The fourth-order valence-corrected chi connectivity index (χ4v) is 1.90. The van der Waals surface area contributed by atoms with Crippen molar-refractivity contribution in [1.29, 1.82) is 0 Å². The Bertz CT molecular complexity index is 507. The van der Waals surface area contributed by atoms with Crippen molar-refractivity contribution >= 4 is 0 Å². The highest BCUT2D eigenvalue weighted by molar-refractivity contribution is 5.07. The van der Waals surface area contributed by atoms with Crippen LogP contribution < -0.4 is 11.3 Å². The summed E-state index contributed by atoms with van der Waals surface area (Å²) in [5.74, 6) is 7.39. The van der Waals surface area contributed by atoms with Gasteiger partial charge in [0.2, 0.25) is 0 Å². The topological polar surface area (TPSA) is 81.7 Å². The van der Waals surface area contributed by atoms with E-state index in [9.17, 15) is 0 Å². The maximum atomic E-state index is 5.59. The van der Waals surface area contributed by atoms with Crippen molar-refractivity contribution in [3.05, 3.63) is 42.0 Å². The number of hydrazine groups is 1. The van der Waals surface area contributed by atoms with Gasteiger partial charge in [0.1, 0.15) is 11.6 Å². The van der Waals surface area contributed by atoms with E-state index in [0.29, 0.717) is 0 Å². The lowest BCUT2D eigenvalue weighted by Gasteiger charge is -2.15. The molecule has 2 aromatic rings. The van der Waals surface area contributed by atoms with E-state index in [-0.39, 0.29) is 6.04 Å². The van der Waals surface area contributed by atoms with E-state index in [0.717, 1.165) is 30.2 Å². The van der Waals surface area contributed by atoms with E-state index < -0.39 is 0 Å². The SMILES string of the molecule is Cc1nccc(C(CCc2nccn2C)NN)n1. The van der Waals surface area contributed by atoms with E-state index in [1.165, 1.54) is 0 Å². The Morgan fingerprint density at radius 1 is 1.39 bits per heavy atom. The Balaban J connectivity index is 2.04. The van der Waals surface area contributed by atoms with E-state index in [4.69, 9.17) is 5.84 Å². The smallest absolute Gasteiger partial charge is 0.125 e. The molecule has 96 valence electrons. The molecule has 2 rings (SSSR count). The molecule has 0 aromatic carbocycles. The molecule has 1 unspecified atom stereocenters. The first-order chi connectivity index (χ1) is 8.70. The average Bonchev–Trinajstić information content (AvgIpc) is 2.76. The zero-order valence-electron chi connectivity index (χ0n) is 10.7.